The van der Waals surface area contributed by atoms with Crippen molar-refractivity contribution in [2.75, 3.05) is 44.2 Å². The normalized spacial score (nSPS) is 21.4. The number of hydrogen-bond acceptors (Lipinski definition) is 5. The number of amides is 2. The molecule has 0 radical (unpaired) electrons. The van der Waals surface area contributed by atoms with Gasteiger partial charge in [-0.25, -0.2) is 8.42 Å². The average Bonchev–Trinajstić information content (AvgIpc) is 3.05. The van der Waals surface area contributed by atoms with E-state index in [1.807, 2.05) is 4.90 Å². The van der Waals surface area contributed by atoms with Crippen LogP contribution in [0, 0.1) is 5.92 Å². The Hall–Kier alpha value is -2.13. The molecule has 9 heteroatoms. The van der Waals surface area contributed by atoms with E-state index in [0.717, 1.165) is 51.6 Å². The van der Waals surface area contributed by atoms with Gasteiger partial charge in [0, 0.05) is 32.2 Å². The molecular weight excluding hydrogens is 418 g/mol. The third-order valence-corrected chi connectivity index (χ3v) is 8.40. The lowest BCUT2D eigenvalue weighted by atomic mass is 10.0. The Bertz CT molecular complexity index is 932. The first-order chi connectivity index (χ1) is 14.9. The van der Waals surface area contributed by atoms with Crippen LogP contribution in [0.3, 0.4) is 0 Å². The first-order valence-corrected chi connectivity index (χ1v) is 12.7. The number of rotatable bonds is 4. The van der Waals surface area contributed by atoms with Crippen LogP contribution in [0.25, 0.3) is 0 Å². The van der Waals surface area contributed by atoms with Crippen molar-refractivity contribution < 1.29 is 22.7 Å². The number of sulfonamides is 1. The zero-order valence-corrected chi connectivity index (χ0v) is 18.9. The Morgan fingerprint density at radius 3 is 2.42 bits per heavy atom. The third-order valence-electron chi connectivity index (χ3n) is 6.51. The molecule has 0 aliphatic carbocycles. The summed E-state index contributed by atoms with van der Waals surface area (Å²) in [7, 11) is -3.62. The number of fused-ring (bicyclic) bond motifs is 1. The number of hydrogen-bond donors (Lipinski definition) is 0. The first-order valence-electron chi connectivity index (χ1n) is 11.2. The first kappa shape index (κ1) is 22.1. The minimum Gasteiger partial charge on any atom is -0.482 e. The Labute approximate surface area is 184 Å². The van der Waals surface area contributed by atoms with Crippen molar-refractivity contribution in [1.82, 2.24) is 9.21 Å². The van der Waals surface area contributed by atoms with E-state index in [9.17, 15) is 18.0 Å². The van der Waals surface area contributed by atoms with Crippen molar-refractivity contribution in [1.29, 1.82) is 0 Å². The van der Waals surface area contributed by atoms with E-state index in [1.165, 1.54) is 21.3 Å². The molecule has 8 nitrogen and oxygen atoms in total. The van der Waals surface area contributed by atoms with Gasteiger partial charge in [0.15, 0.2) is 6.61 Å². The number of ether oxygens (including phenoxy) is 1. The number of carbonyl (C=O) groups is 2. The molecule has 2 amide bonds. The summed E-state index contributed by atoms with van der Waals surface area (Å²) in [5, 5.41) is 0. The van der Waals surface area contributed by atoms with Gasteiger partial charge >= 0.3 is 0 Å². The van der Waals surface area contributed by atoms with Crippen molar-refractivity contribution in [2.24, 2.45) is 5.92 Å². The lowest BCUT2D eigenvalue weighted by Gasteiger charge is -2.32. The molecule has 3 aliphatic heterocycles. The van der Waals surface area contributed by atoms with Crippen LogP contribution < -0.4 is 9.64 Å². The number of nitrogens with zero attached hydrogens (tertiary/aromatic N) is 3. The van der Waals surface area contributed by atoms with E-state index in [2.05, 4.69) is 6.92 Å². The molecule has 0 atom stereocenters. The molecule has 2 saturated heterocycles. The monoisotopic (exact) mass is 449 g/mol. The highest BCUT2D eigenvalue weighted by atomic mass is 32.2. The Balaban J connectivity index is 1.53. The molecule has 170 valence electrons. The quantitative estimate of drug-likeness (QED) is 0.704. The fourth-order valence-electron chi connectivity index (χ4n) is 4.45. The predicted octanol–water partition coefficient (Wildman–Crippen LogP) is 2.24. The Kier molecular flexibility index (Phi) is 6.52. The molecule has 3 heterocycles. The molecule has 0 saturated carbocycles. The van der Waals surface area contributed by atoms with Crippen LogP contribution in [0.15, 0.2) is 23.1 Å². The Morgan fingerprint density at radius 2 is 1.74 bits per heavy atom. The summed E-state index contributed by atoms with van der Waals surface area (Å²) in [6.07, 6.45) is 5.90. The minimum atomic E-state index is -3.62. The van der Waals surface area contributed by atoms with Crippen molar-refractivity contribution in [2.45, 2.75) is 50.3 Å². The Morgan fingerprint density at radius 1 is 1.06 bits per heavy atom. The summed E-state index contributed by atoms with van der Waals surface area (Å²) >= 11 is 0. The van der Waals surface area contributed by atoms with Gasteiger partial charge in [-0.15, -0.1) is 0 Å². The van der Waals surface area contributed by atoms with Gasteiger partial charge < -0.3 is 9.64 Å². The summed E-state index contributed by atoms with van der Waals surface area (Å²) in [5.74, 6) is 0.480. The number of carbonyl (C=O) groups excluding carboxylic acids is 2. The van der Waals surface area contributed by atoms with Crippen LogP contribution in [-0.2, 0) is 19.6 Å². The van der Waals surface area contributed by atoms with Crippen molar-refractivity contribution >= 4 is 27.5 Å². The average molecular weight is 450 g/mol. The van der Waals surface area contributed by atoms with Crippen LogP contribution in [0.4, 0.5) is 5.69 Å². The van der Waals surface area contributed by atoms with E-state index < -0.39 is 10.0 Å². The van der Waals surface area contributed by atoms with Gasteiger partial charge in [-0.05, 0) is 43.7 Å². The molecule has 0 N–H and O–H groups in total. The molecule has 4 rings (SSSR count). The molecular formula is C22H31N3O5S. The largest absolute Gasteiger partial charge is 0.482 e. The predicted molar refractivity (Wildman–Crippen MR) is 116 cm³/mol. The molecule has 0 unspecified atom stereocenters. The maximum Gasteiger partial charge on any atom is 0.265 e. The molecule has 1 aromatic rings. The van der Waals surface area contributed by atoms with E-state index in [1.54, 1.807) is 6.07 Å². The van der Waals surface area contributed by atoms with Gasteiger partial charge in [0.2, 0.25) is 15.9 Å². The molecule has 0 aromatic heterocycles. The second kappa shape index (κ2) is 9.16. The SMILES string of the molecule is CC1CCN(S(=O)(=O)c2ccc3c(c2)OCC(=O)N3CC(=O)N2CCCCCC2)CC1. The van der Waals surface area contributed by atoms with Gasteiger partial charge in [0.25, 0.3) is 5.91 Å². The fraction of sp³-hybridized carbons (Fsp3) is 0.636. The topological polar surface area (TPSA) is 87.2 Å². The molecule has 3 aliphatic rings. The van der Waals surface area contributed by atoms with E-state index in [-0.39, 0.29) is 29.9 Å². The maximum absolute atomic E-state index is 13.1. The molecule has 0 spiro atoms. The summed E-state index contributed by atoms with van der Waals surface area (Å²) < 4.78 is 33.2. The zero-order chi connectivity index (χ0) is 22.0. The number of anilines is 1. The second-order valence-electron chi connectivity index (χ2n) is 8.78. The number of piperidine rings is 1. The lowest BCUT2D eigenvalue weighted by molar-refractivity contribution is -0.132. The molecule has 31 heavy (non-hydrogen) atoms. The summed E-state index contributed by atoms with van der Waals surface area (Å²) in [6.45, 7) is 4.34. The summed E-state index contributed by atoms with van der Waals surface area (Å²) in [5.41, 5.74) is 0.450. The van der Waals surface area contributed by atoms with Gasteiger partial charge in [-0.3, -0.25) is 14.5 Å². The lowest BCUT2D eigenvalue weighted by Crippen LogP contribution is -2.46. The van der Waals surface area contributed by atoms with Crippen LogP contribution in [-0.4, -0.2) is 68.8 Å². The van der Waals surface area contributed by atoms with E-state index in [4.69, 9.17) is 4.74 Å². The van der Waals surface area contributed by atoms with Crippen molar-refractivity contribution in [3.8, 4) is 5.75 Å². The van der Waals surface area contributed by atoms with Crippen LogP contribution in [0.2, 0.25) is 0 Å². The van der Waals surface area contributed by atoms with Crippen LogP contribution in [0.1, 0.15) is 45.4 Å². The molecule has 1 aromatic carbocycles. The number of likely N-dealkylation sites (tertiary alicyclic amines) is 1. The van der Waals surface area contributed by atoms with Gasteiger partial charge in [-0.1, -0.05) is 19.8 Å². The van der Waals surface area contributed by atoms with E-state index >= 15 is 0 Å². The molecule has 0 bridgehead atoms. The highest BCUT2D eigenvalue weighted by Crippen LogP contribution is 2.35. The van der Waals surface area contributed by atoms with Gasteiger partial charge in [-0.2, -0.15) is 4.31 Å². The summed E-state index contributed by atoms with van der Waals surface area (Å²) in [4.78, 5) is 28.7. The molecule has 2 fully saturated rings. The maximum atomic E-state index is 13.1. The zero-order valence-electron chi connectivity index (χ0n) is 18.1. The van der Waals surface area contributed by atoms with Gasteiger partial charge in [0.05, 0.1) is 10.6 Å². The van der Waals surface area contributed by atoms with Crippen LogP contribution in [0.5, 0.6) is 5.75 Å². The minimum absolute atomic E-state index is 0.0503. The third kappa shape index (κ3) is 4.72. The van der Waals surface area contributed by atoms with Crippen LogP contribution >= 0.6 is 0 Å². The van der Waals surface area contributed by atoms with Crippen molar-refractivity contribution in [3.05, 3.63) is 18.2 Å². The highest BCUT2D eigenvalue weighted by molar-refractivity contribution is 7.89. The fourth-order valence-corrected chi connectivity index (χ4v) is 5.93. The van der Waals surface area contributed by atoms with Crippen molar-refractivity contribution in [3.63, 3.8) is 0 Å². The smallest absolute Gasteiger partial charge is 0.265 e. The second-order valence-corrected chi connectivity index (χ2v) is 10.7. The van der Waals surface area contributed by atoms with Gasteiger partial charge in [0.1, 0.15) is 12.3 Å². The number of benzene rings is 1. The highest BCUT2D eigenvalue weighted by Gasteiger charge is 2.33. The van der Waals surface area contributed by atoms with E-state index in [0.29, 0.717) is 30.4 Å². The standard InChI is InChI=1S/C22H31N3O5S/c1-17-8-12-24(13-9-17)31(28,29)18-6-7-19-20(14-18)30-16-22(27)25(19)15-21(26)23-10-4-2-3-5-11-23/h6-7,14,17H,2-5,8-13,15-16H2,1H3. The summed E-state index contributed by atoms with van der Waals surface area (Å²) in [6, 6.07) is 4.58.